The van der Waals surface area contributed by atoms with Crippen LogP contribution in [0.25, 0.3) is 37.8 Å². The number of thiazole rings is 1. The number of aryl methyl sites for hydroxylation is 1. The number of rotatable bonds is 9. The van der Waals surface area contributed by atoms with Gasteiger partial charge in [0.25, 0.3) is 15.1 Å². The average Bonchev–Trinajstić information content (AvgIpc) is 3.46. The van der Waals surface area contributed by atoms with Gasteiger partial charge in [-0.25, -0.2) is 0 Å². The van der Waals surface area contributed by atoms with Gasteiger partial charge in [0, 0.05) is 23.2 Å². The largest absolute Gasteiger partial charge is 0.332 e. The molecule has 1 aliphatic heterocycles. The minimum atomic E-state index is -4.09. The Morgan fingerprint density at radius 2 is 1.68 bits per heavy atom. The van der Waals surface area contributed by atoms with Crippen molar-refractivity contribution in [2.75, 3.05) is 23.8 Å². The fourth-order valence-electron chi connectivity index (χ4n) is 5.12. The number of nitrogens with zero attached hydrogens (tertiary/aromatic N) is 2. The lowest BCUT2D eigenvalue weighted by atomic mass is 10.1. The Balaban J connectivity index is 1.49. The molecule has 1 unspecified atom stereocenters. The van der Waals surface area contributed by atoms with Gasteiger partial charge in [-0.2, -0.15) is 17.2 Å². The monoisotopic (exact) mass is 613 g/mol. The lowest BCUT2D eigenvalue weighted by Crippen LogP contribution is -2.36. The van der Waals surface area contributed by atoms with Crippen LogP contribution in [0.5, 0.6) is 0 Å². The number of fused-ring (bicyclic) bond motifs is 6. The van der Waals surface area contributed by atoms with E-state index in [4.69, 9.17) is 4.18 Å². The first-order valence-corrected chi connectivity index (χ1v) is 16.8. The van der Waals surface area contributed by atoms with Crippen LogP contribution in [0.1, 0.15) is 11.4 Å². The molecule has 0 saturated carbocycles. The van der Waals surface area contributed by atoms with Crippen LogP contribution in [0.4, 0.5) is 5.69 Å². The van der Waals surface area contributed by atoms with Crippen molar-refractivity contribution < 1.29 is 30.5 Å². The molecule has 1 atom stereocenters. The summed E-state index contributed by atoms with van der Waals surface area (Å²) >= 11 is 0.862. The second kappa shape index (κ2) is 11.2. The van der Waals surface area contributed by atoms with Crippen LogP contribution in [0.15, 0.2) is 82.7 Å². The Kier molecular flexibility index (Phi) is 7.66. The molecule has 0 amide bonds. The Labute approximate surface area is 242 Å². The normalized spacial score (nSPS) is 15.4. The van der Waals surface area contributed by atoms with E-state index in [1.54, 1.807) is 23.1 Å². The Bertz CT molecular complexity index is 1920. The molecular formula is C28H25N2O6S4+. The predicted molar refractivity (Wildman–Crippen MR) is 162 cm³/mol. The van der Waals surface area contributed by atoms with Crippen LogP contribution in [0.3, 0.4) is 0 Å². The Morgan fingerprint density at radius 1 is 0.975 bits per heavy atom. The van der Waals surface area contributed by atoms with Crippen LogP contribution in [0.2, 0.25) is 0 Å². The summed E-state index contributed by atoms with van der Waals surface area (Å²) < 4.78 is 61.0. The summed E-state index contributed by atoms with van der Waals surface area (Å²) in [7, 11) is -4.09. The van der Waals surface area contributed by atoms with Gasteiger partial charge in [-0.3, -0.25) is 13.3 Å². The fourth-order valence-corrected chi connectivity index (χ4v) is 8.19. The standard InChI is InChI=1S/C28H24N2O6S4/c31-39(32)36-16-15-30-26(38-24-13-11-20-7-2-4-9-22(20)28(24)30)18-25-29(14-5-17-40(33,34)35)27-21-8-3-1-6-19(21)10-12-23(27)37-25/h1-4,6-13,18H,5,14-17H2,(H-,31,32,33,34,35)/p+1. The highest BCUT2D eigenvalue weighted by Crippen LogP contribution is 2.50. The van der Waals surface area contributed by atoms with Gasteiger partial charge in [-0.05, 0) is 29.0 Å². The molecule has 2 heterocycles. The second-order valence-corrected chi connectivity index (χ2v) is 13.6. The van der Waals surface area contributed by atoms with Gasteiger partial charge in [0.15, 0.2) is 6.54 Å². The molecule has 1 aromatic heterocycles. The first-order valence-electron chi connectivity index (χ1n) is 12.5. The van der Waals surface area contributed by atoms with Gasteiger partial charge in [0.2, 0.25) is 5.52 Å². The third-order valence-corrected chi connectivity index (χ3v) is 10.1. The van der Waals surface area contributed by atoms with Gasteiger partial charge in [0.1, 0.15) is 4.70 Å². The summed E-state index contributed by atoms with van der Waals surface area (Å²) in [5.74, 6) is -0.327. The van der Waals surface area contributed by atoms with Crippen LogP contribution in [-0.2, 0) is 32.2 Å². The van der Waals surface area contributed by atoms with Crippen molar-refractivity contribution in [3.8, 4) is 0 Å². The minimum absolute atomic E-state index is 0.0507. The maximum atomic E-state index is 11.5. The first kappa shape index (κ1) is 27.3. The molecule has 8 nitrogen and oxygen atoms in total. The molecule has 0 saturated heterocycles. The van der Waals surface area contributed by atoms with Crippen LogP contribution in [-0.4, -0.2) is 40.6 Å². The average molecular weight is 614 g/mol. The number of anilines is 1. The van der Waals surface area contributed by atoms with Gasteiger partial charge in [-0.15, -0.1) is 0 Å². The van der Waals surface area contributed by atoms with Gasteiger partial charge >= 0.3 is 11.4 Å². The van der Waals surface area contributed by atoms with Gasteiger partial charge < -0.3 is 4.90 Å². The SMILES string of the molecule is O=S(O)OCCN1C(=Cc2sc3ccc4ccccc4c3[n+]2CCCS(=O)(=O)O)Sc2ccc3ccccc3c21. The first-order chi connectivity index (χ1) is 19.3. The molecule has 0 bridgehead atoms. The highest BCUT2D eigenvalue weighted by molar-refractivity contribution is 8.04. The lowest BCUT2D eigenvalue weighted by Gasteiger charge is -2.21. The van der Waals surface area contributed by atoms with Crippen molar-refractivity contribution >= 4 is 88.1 Å². The smallest absolute Gasteiger partial charge is 0.301 e. The topological polar surface area (TPSA) is 108 Å². The molecule has 0 fully saturated rings. The molecule has 6 rings (SSSR count). The molecule has 40 heavy (non-hydrogen) atoms. The molecule has 1 aliphatic rings. The van der Waals surface area contributed by atoms with Crippen LogP contribution < -0.4 is 9.47 Å². The van der Waals surface area contributed by atoms with Crippen LogP contribution in [0, 0.1) is 0 Å². The second-order valence-electron chi connectivity index (χ2n) is 9.27. The van der Waals surface area contributed by atoms with Gasteiger partial charge in [-0.1, -0.05) is 77.7 Å². The number of hydrogen-bond acceptors (Lipinski definition) is 7. The summed E-state index contributed by atoms with van der Waals surface area (Å²) in [5.41, 5.74) is 2.04. The van der Waals surface area contributed by atoms with Crippen molar-refractivity contribution in [2.45, 2.75) is 17.9 Å². The summed E-state index contributed by atoms with van der Waals surface area (Å²) in [6, 6.07) is 24.5. The maximum absolute atomic E-state index is 11.5. The predicted octanol–water partition coefficient (Wildman–Crippen LogP) is 5.84. The molecule has 0 aliphatic carbocycles. The number of hydrogen-bond donors (Lipinski definition) is 2. The fraction of sp³-hybridized carbons (Fsp3) is 0.179. The number of thioether (sulfide) groups is 1. The molecule has 12 heteroatoms. The maximum Gasteiger partial charge on any atom is 0.301 e. The van der Waals surface area contributed by atoms with E-state index >= 15 is 0 Å². The Morgan fingerprint density at radius 3 is 2.42 bits per heavy atom. The zero-order valence-electron chi connectivity index (χ0n) is 21.1. The summed E-state index contributed by atoms with van der Waals surface area (Å²) in [4.78, 5) is 3.18. The molecular weight excluding hydrogens is 589 g/mol. The molecule has 5 aromatic rings. The summed E-state index contributed by atoms with van der Waals surface area (Å²) in [6.07, 6.45) is 2.34. The van der Waals surface area contributed by atoms with Crippen molar-refractivity contribution in [1.82, 2.24) is 0 Å². The third-order valence-electron chi connectivity index (χ3n) is 6.76. The van der Waals surface area contributed by atoms with E-state index in [1.807, 2.05) is 24.3 Å². The van der Waals surface area contributed by atoms with E-state index in [-0.39, 0.29) is 18.8 Å². The van der Waals surface area contributed by atoms with E-state index in [0.29, 0.717) is 13.1 Å². The summed E-state index contributed by atoms with van der Waals surface area (Å²) in [6.45, 7) is 0.817. The molecule has 2 N–H and O–H groups in total. The van der Waals surface area contributed by atoms with Gasteiger partial charge in [0.05, 0.1) is 34.5 Å². The van der Waals surface area contributed by atoms with E-state index in [1.165, 1.54) is 0 Å². The van der Waals surface area contributed by atoms with E-state index in [0.717, 1.165) is 52.4 Å². The van der Waals surface area contributed by atoms with Crippen molar-refractivity contribution in [3.05, 3.63) is 82.8 Å². The number of benzene rings is 4. The summed E-state index contributed by atoms with van der Waals surface area (Å²) in [5, 5.41) is 6.17. The molecule has 206 valence electrons. The lowest BCUT2D eigenvalue weighted by molar-refractivity contribution is -0.667. The third kappa shape index (κ3) is 5.53. The van der Waals surface area contributed by atoms with Crippen molar-refractivity contribution in [2.24, 2.45) is 0 Å². The highest BCUT2D eigenvalue weighted by Gasteiger charge is 2.30. The van der Waals surface area contributed by atoms with Crippen molar-refractivity contribution in [1.29, 1.82) is 0 Å². The van der Waals surface area contributed by atoms with Crippen molar-refractivity contribution in [3.63, 3.8) is 0 Å². The molecule has 4 aromatic carbocycles. The Hall–Kier alpha value is -2.84. The minimum Gasteiger partial charge on any atom is -0.332 e. The van der Waals surface area contributed by atoms with Crippen LogP contribution >= 0.6 is 23.1 Å². The van der Waals surface area contributed by atoms with E-state index in [2.05, 4.69) is 64.1 Å². The molecule has 0 spiro atoms. The zero-order chi connectivity index (χ0) is 27.9. The quantitative estimate of drug-likeness (QED) is 0.121. The van der Waals surface area contributed by atoms with E-state index < -0.39 is 21.5 Å². The number of aromatic nitrogens is 1. The molecule has 0 radical (unpaired) electrons. The highest BCUT2D eigenvalue weighted by atomic mass is 32.2. The zero-order valence-corrected chi connectivity index (χ0v) is 24.4. The van der Waals surface area contributed by atoms with E-state index in [9.17, 15) is 21.7 Å².